The van der Waals surface area contributed by atoms with Gasteiger partial charge in [-0.15, -0.1) is 6.58 Å². The Kier molecular flexibility index (Phi) is 5.52. The summed E-state index contributed by atoms with van der Waals surface area (Å²) in [6.45, 7) is 7.11. The van der Waals surface area contributed by atoms with E-state index in [2.05, 4.69) is 37.0 Å². The summed E-state index contributed by atoms with van der Waals surface area (Å²) < 4.78 is 6.18. The van der Waals surface area contributed by atoms with Crippen molar-refractivity contribution in [2.75, 3.05) is 18.5 Å². The van der Waals surface area contributed by atoms with E-state index in [-0.39, 0.29) is 12.1 Å². The molecular formula is C25H26N2O2. The summed E-state index contributed by atoms with van der Waals surface area (Å²) in [5.74, 6) is 0.813. The van der Waals surface area contributed by atoms with E-state index in [0.29, 0.717) is 18.7 Å². The fourth-order valence-electron chi connectivity index (χ4n) is 3.86. The number of rotatable bonds is 7. The number of hydrogen-bond donors (Lipinski definition) is 1. The van der Waals surface area contributed by atoms with Crippen LogP contribution in [0.1, 0.15) is 41.9 Å². The molecule has 0 saturated heterocycles. The van der Waals surface area contributed by atoms with Crippen LogP contribution in [0.25, 0.3) is 10.8 Å². The highest BCUT2D eigenvalue weighted by Crippen LogP contribution is 2.40. The molecule has 0 bridgehead atoms. The van der Waals surface area contributed by atoms with Crippen LogP contribution < -0.4 is 10.1 Å². The molecule has 0 aromatic heterocycles. The van der Waals surface area contributed by atoms with Crippen LogP contribution in [0.3, 0.4) is 0 Å². The molecule has 1 aliphatic heterocycles. The Hall–Kier alpha value is -3.27. The van der Waals surface area contributed by atoms with Crippen LogP contribution in [-0.4, -0.2) is 24.0 Å². The Morgan fingerprint density at radius 2 is 1.90 bits per heavy atom. The lowest BCUT2D eigenvalue weighted by Gasteiger charge is -2.38. The van der Waals surface area contributed by atoms with Gasteiger partial charge in [0.1, 0.15) is 11.9 Å². The highest BCUT2D eigenvalue weighted by Gasteiger charge is 2.34. The van der Waals surface area contributed by atoms with Gasteiger partial charge >= 0.3 is 0 Å². The van der Waals surface area contributed by atoms with Gasteiger partial charge in [-0.2, -0.15) is 0 Å². The first kappa shape index (κ1) is 19.1. The molecule has 1 unspecified atom stereocenters. The van der Waals surface area contributed by atoms with Crippen LogP contribution >= 0.6 is 0 Å². The molecule has 148 valence electrons. The minimum Gasteiger partial charge on any atom is -0.493 e. The number of amides is 1. The van der Waals surface area contributed by atoms with Crippen molar-refractivity contribution in [1.29, 1.82) is 0 Å². The number of hydrogen-bond acceptors (Lipinski definition) is 3. The maximum atomic E-state index is 13.3. The predicted octanol–water partition coefficient (Wildman–Crippen LogP) is 5.77. The lowest BCUT2D eigenvalue weighted by atomic mass is 9.97. The fourth-order valence-corrected chi connectivity index (χ4v) is 3.86. The highest BCUT2D eigenvalue weighted by molar-refractivity contribution is 6.02. The second kappa shape index (κ2) is 8.39. The van der Waals surface area contributed by atoms with Crippen molar-refractivity contribution in [2.45, 2.75) is 25.9 Å². The molecule has 3 aromatic rings. The molecule has 0 saturated carbocycles. The number of nitrogens with zero attached hydrogens (tertiary/aromatic N) is 1. The standard InChI is InChI=1S/C25H26N2O2/c1-3-5-17-29-22-15-14-18-10-6-7-11-19(18)23(22)24-26-21-13-9-8-12-20(21)25(28)27(24)16-4-2/h4,6-15,24,26H,2-3,5,16-17H2,1H3. The van der Waals surface area contributed by atoms with Gasteiger partial charge in [-0.3, -0.25) is 4.79 Å². The van der Waals surface area contributed by atoms with Crippen molar-refractivity contribution in [3.8, 4) is 5.75 Å². The second-order valence-electron chi connectivity index (χ2n) is 7.24. The van der Waals surface area contributed by atoms with E-state index in [1.807, 2.05) is 47.4 Å². The number of ether oxygens (including phenoxy) is 1. The first-order valence-corrected chi connectivity index (χ1v) is 10.2. The number of benzene rings is 3. The van der Waals surface area contributed by atoms with Gasteiger partial charge in [0, 0.05) is 17.8 Å². The van der Waals surface area contributed by atoms with E-state index >= 15 is 0 Å². The Balaban J connectivity index is 1.87. The molecule has 0 spiro atoms. The number of nitrogens with one attached hydrogen (secondary N) is 1. The van der Waals surface area contributed by atoms with E-state index in [9.17, 15) is 4.79 Å². The number of unbranched alkanes of at least 4 members (excludes halogenated alkanes) is 1. The van der Waals surface area contributed by atoms with Gasteiger partial charge in [0.15, 0.2) is 0 Å². The van der Waals surface area contributed by atoms with Crippen molar-refractivity contribution in [2.24, 2.45) is 0 Å². The zero-order valence-electron chi connectivity index (χ0n) is 16.7. The van der Waals surface area contributed by atoms with Crippen LogP contribution in [0.5, 0.6) is 5.75 Å². The maximum absolute atomic E-state index is 13.3. The fraction of sp³-hybridized carbons (Fsp3) is 0.240. The van der Waals surface area contributed by atoms with Crippen LogP contribution in [0.4, 0.5) is 5.69 Å². The number of carbonyl (C=O) groups is 1. The topological polar surface area (TPSA) is 41.6 Å². The van der Waals surface area contributed by atoms with Gasteiger partial charge in [0.2, 0.25) is 0 Å². The predicted molar refractivity (Wildman–Crippen MR) is 118 cm³/mol. The molecule has 29 heavy (non-hydrogen) atoms. The molecule has 1 N–H and O–H groups in total. The molecule has 1 amide bonds. The lowest BCUT2D eigenvalue weighted by Crippen LogP contribution is -2.43. The SMILES string of the molecule is C=CCN1C(=O)c2ccccc2NC1c1c(OCCCC)ccc2ccccc12. The highest BCUT2D eigenvalue weighted by atomic mass is 16.5. The zero-order valence-corrected chi connectivity index (χ0v) is 16.7. The van der Waals surface area contributed by atoms with Crippen LogP contribution in [0.15, 0.2) is 73.3 Å². The number of fused-ring (bicyclic) bond motifs is 2. The van der Waals surface area contributed by atoms with Crippen molar-refractivity contribution in [3.63, 3.8) is 0 Å². The molecule has 1 aliphatic rings. The van der Waals surface area contributed by atoms with Gasteiger partial charge in [-0.05, 0) is 35.4 Å². The van der Waals surface area contributed by atoms with Gasteiger partial charge in [0.25, 0.3) is 5.91 Å². The molecule has 1 heterocycles. The van der Waals surface area contributed by atoms with E-state index < -0.39 is 0 Å². The van der Waals surface area contributed by atoms with E-state index in [0.717, 1.165) is 40.6 Å². The number of carbonyl (C=O) groups excluding carboxylic acids is 1. The Morgan fingerprint density at radius 1 is 1.10 bits per heavy atom. The average Bonchev–Trinajstić information content (AvgIpc) is 2.76. The normalized spacial score (nSPS) is 15.7. The minimum absolute atomic E-state index is 0.00306. The number of para-hydroxylation sites is 1. The maximum Gasteiger partial charge on any atom is 0.258 e. The van der Waals surface area contributed by atoms with Crippen LogP contribution in [-0.2, 0) is 0 Å². The Labute approximate surface area is 171 Å². The van der Waals surface area contributed by atoms with Crippen LogP contribution in [0.2, 0.25) is 0 Å². The van der Waals surface area contributed by atoms with E-state index in [4.69, 9.17) is 4.74 Å². The van der Waals surface area contributed by atoms with Gasteiger partial charge in [0.05, 0.1) is 12.2 Å². The third kappa shape index (κ3) is 3.58. The summed E-state index contributed by atoms with van der Waals surface area (Å²) in [6, 6.07) is 20.0. The molecule has 0 radical (unpaired) electrons. The van der Waals surface area contributed by atoms with Crippen molar-refractivity contribution >= 4 is 22.4 Å². The molecule has 0 fully saturated rings. The third-order valence-corrected chi connectivity index (χ3v) is 5.31. The first-order chi connectivity index (χ1) is 14.2. The monoisotopic (exact) mass is 386 g/mol. The smallest absolute Gasteiger partial charge is 0.258 e. The minimum atomic E-state index is -0.335. The summed E-state index contributed by atoms with van der Waals surface area (Å²) in [6.07, 6.45) is 3.49. The van der Waals surface area contributed by atoms with Crippen molar-refractivity contribution < 1.29 is 9.53 Å². The van der Waals surface area contributed by atoms with Crippen LogP contribution in [0, 0.1) is 0 Å². The molecular weight excluding hydrogens is 360 g/mol. The summed E-state index contributed by atoms with van der Waals surface area (Å²) >= 11 is 0. The molecule has 4 rings (SSSR count). The third-order valence-electron chi connectivity index (χ3n) is 5.31. The first-order valence-electron chi connectivity index (χ1n) is 10.2. The van der Waals surface area contributed by atoms with Crippen molar-refractivity contribution in [3.05, 3.63) is 84.4 Å². The largest absolute Gasteiger partial charge is 0.493 e. The van der Waals surface area contributed by atoms with E-state index in [1.165, 1.54) is 0 Å². The Bertz CT molecular complexity index is 1040. The molecule has 4 nitrogen and oxygen atoms in total. The summed E-state index contributed by atoms with van der Waals surface area (Å²) in [4.78, 5) is 15.1. The Morgan fingerprint density at radius 3 is 2.72 bits per heavy atom. The summed E-state index contributed by atoms with van der Waals surface area (Å²) in [7, 11) is 0. The van der Waals surface area contributed by atoms with E-state index in [1.54, 1.807) is 6.08 Å². The van der Waals surface area contributed by atoms with Gasteiger partial charge in [-0.25, -0.2) is 0 Å². The quantitative estimate of drug-likeness (QED) is 0.414. The van der Waals surface area contributed by atoms with Gasteiger partial charge < -0.3 is 15.0 Å². The summed E-state index contributed by atoms with van der Waals surface area (Å²) in [5.41, 5.74) is 2.51. The zero-order chi connectivity index (χ0) is 20.2. The molecule has 4 heteroatoms. The molecule has 0 aliphatic carbocycles. The average molecular weight is 386 g/mol. The van der Waals surface area contributed by atoms with Crippen molar-refractivity contribution in [1.82, 2.24) is 4.90 Å². The molecule has 3 aromatic carbocycles. The molecule has 1 atom stereocenters. The summed E-state index contributed by atoms with van der Waals surface area (Å²) in [5, 5.41) is 5.78. The van der Waals surface area contributed by atoms with Gasteiger partial charge in [-0.1, -0.05) is 61.9 Å². The number of anilines is 1. The second-order valence-corrected chi connectivity index (χ2v) is 7.24. The lowest BCUT2D eigenvalue weighted by molar-refractivity contribution is 0.0706.